The molecule has 9 heteroatoms. The molecule has 0 unspecified atom stereocenters. The van der Waals surface area contributed by atoms with E-state index in [-0.39, 0.29) is 23.1 Å². The minimum Gasteiger partial charge on any atom is -0.357 e. The largest absolute Gasteiger partial charge is 0.357 e. The van der Waals surface area contributed by atoms with E-state index in [0.717, 1.165) is 6.07 Å². The maximum atomic E-state index is 13.7. The lowest BCUT2D eigenvalue weighted by Crippen LogP contribution is -2.40. The first kappa shape index (κ1) is 22.9. The Morgan fingerprint density at radius 2 is 1.81 bits per heavy atom. The summed E-state index contributed by atoms with van der Waals surface area (Å²) >= 11 is 0. The first-order valence-corrected chi connectivity index (χ1v) is 10.8. The Morgan fingerprint density at radius 3 is 2.41 bits per heavy atom. The van der Waals surface area contributed by atoms with Crippen LogP contribution >= 0.6 is 0 Å². The molecule has 0 spiro atoms. The number of amides is 1. The third kappa shape index (κ3) is 7.54. The molecule has 1 aromatic rings. The first-order valence-electron chi connectivity index (χ1n) is 9.12. The summed E-state index contributed by atoms with van der Waals surface area (Å²) < 4.78 is 38.2. The van der Waals surface area contributed by atoms with Gasteiger partial charge in [0.1, 0.15) is 10.7 Å². The summed E-state index contributed by atoms with van der Waals surface area (Å²) in [6, 6.07) is 5.29. The molecule has 0 aromatic heterocycles. The van der Waals surface area contributed by atoms with E-state index in [4.69, 9.17) is 0 Å². The molecule has 0 aliphatic heterocycles. The molecule has 0 radical (unpaired) electrons. The van der Waals surface area contributed by atoms with Gasteiger partial charge in [0.15, 0.2) is 15.8 Å². The number of carbonyl (C=O) groups excluding carboxylic acids is 1. The number of guanidine groups is 1. The van der Waals surface area contributed by atoms with Crippen molar-refractivity contribution in [2.75, 3.05) is 38.5 Å². The number of sulfone groups is 1. The summed E-state index contributed by atoms with van der Waals surface area (Å²) in [6.45, 7) is 8.03. The topological polar surface area (TPSA) is 90.9 Å². The molecule has 1 amide bonds. The van der Waals surface area contributed by atoms with Crippen LogP contribution in [-0.2, 0) is 14.6 Å². The average Bonchev–Trinajstić information content (AvgIpc) is 2.63. The zero-order valence-corrected chi connectivity index (χ0v) is 17.0. The summed E-state index contributed by atoms with van der Waals surface area (Å²) in [7, 11) is -3.75. The van der Waals surface area contributed by atoms with Crippen LogP contribution in [0.4, 0.5) is 4.39 Å². The van der Waals surface area contributed by atoms with Crippen molar-refractivity contribution in [1.82, 2.24) is 15.5 Å². The van der Waals surface area contributed by atoms with Gasteiger partial charge >= 0.3 is 0 Å². The summed E-state index contributed by atoms with van der Waals surface area (Å²) in [5, 5.41) is 6.01. The van der Waals surface area contributed by atoms with Crippen molar-refractivity contribution in [2.24, 2.45) is 4.99 Å². The fourth-order valence-corrected chi connectivity index (χ4v) is 3.65. The smallest absolute Gasteiger partial charge is 0.224 e. The molecule has 0 aliphatic carbocycles. The van der Waals surface area contributed by atoms with Gasteiger partial charge in [-0.3, -0.25) is 9.79 Å². The minimum atomic E-state index is -3.75. The molecule has 0 atom stereocenters. The Hall–Kier alpha value is -2.16. The number of benzene rings is 1. The number of hydrogen-bond acceptors (Lipinski definition) is 4. The normalized spacial score (nSPS) is 11.9. The van der Waals surface area contributed by atoms with Gasteiger partial charge in [0.05, 0.1) is 12.3 Å². The number of halogens is 1. The molecule has 152 valence electrons. The van der Waals surface area contributed by atoms with Crippen LogP contribution in [-0.4, -0.2) is 63.7 Å². The number of nitrogens with one attached hydrogen (secondary N) is 2. The fraction of sp³-hybridized carbons (Fsp3) is 0.556. The molecule has 0 saturated carbocycles. The highest BCUT2D eigenvalue weighted by atomic mass is 32.2. The standard InChI is InChI=1S/C18H29FN4O3S/c1-4-20-18(21-12-11-17(24)23(5-2)6-3)22-13-14-27(25,26)16-10-8-7-9-15(16)19/h7-10H,4-6,11-14H2,1-3H3,(H2,20,21,22). The van der Waals surface area contributed by atoms with Crippen molar-refractivity contribution < 1.29 is 17.6 Å². The van der Waals surface area contributed by atoms with Crippen LogP contribution in [0.5, 0.6) is 0 Å². The maximum absolute atomic E-state index is 13.7. The summed E-state index contributed by atoms with van der Waals surface area (Å²) in [6.07, 6.45) is 0.319. The predicted molar refractivity (Wildman–Crippen MR) is 105 cm³/mol. The van der Waals surface area contributed by atoms with Crippen molar-refractivity contribution in [3.63, 3.8) is 0 Å². The molecule has 0 heterocycles. The summed E-state index contributed by atoms with van der Waals surface area (Å²) in [5.74, 6) is -0.594. The Morgan fingerprint density at radius 1 is 1.15 bits per heavy atom. The van der Waals surface area contributed by atoms with Gasteiger partial charge < -0.3 is 15.5 Å². The molecule has 2 N–H and O–H groups in total. The van der Waals surface area contributed by atoms with E-state index < -0.39 is 15.7 Å². The summed E-state index contributed by atoms with van der Waals surface area (Å²) in [4.78, 5) is 17.6. The predicted octanol–water partition coefficient (Wildman–Crippen LogP) is 1.41. The number of aliphatic imine (C=N–C) groups is 1. The highest BCUT2D eigenvalue weighted by molar-refractivity contribution is 7.91. The van der Waals surface area contributed by atoms with E-state index in [0.29, 0.717) is 38.6 Å². The van der Waals surface area contributed by atoms with Crippen LogP contribution in [0.15, 0.2) is 34.2 Å². The lowest BCUT2D eigenvalue weighted by molar-refractivity contribution is -0.130. The molecule has 0 fully saturated rings. The monoisotopic (exact) mass is 400 g/mol. The SMILES string of the molecule is CCNC(=NCCS(=O)(=O)c1ccccc1F)NCCC(=O)N(CC)CC. The Bertz CT molecular complexity index is 734. The third-order valence-corrected chi connectivity index (χ3v) is 5.61. The fourth-order valence-electron chi connectivity index (χ4n) is 2.45. The molecule has 0 aliphatic rings. The zero-order chi connectivity index (χ0) is 20.3. The average molecular weight is 401 g/mol. The zero-order valence-electron chi connectivity index (χ0n) is 16.2. The molecule has 1 aromatic carbocycles. The van der Waals surface area contributed by atoms with Crippen molar-refractivity contribution in [1.29, 1.82) is 0 Å². The Balaban J connectivity index is 2.61. The molecule has 7 nitrogen and oxygen atoms in total. The van der Waals surface area contributed by atoms with E-state index in [1.165, 1.54) is 18.2 Å². The Kier molecular flexibility index (Phi) is 9.77. The highest BCUT2D eigenvalue weighted by Crippen LogP contribution is 2.14. The van der Waals surface area contributed by atoms with Crippen LogP contribution in [0.25, 0.3) is 0 Å². The molecule has 1 rings (SSSR count). The first-order chi connectivity index (χ1) is 12.9. The maximum Gasteiger partial charge on any atom is 0.224 e. The Labute approximate surface area is 161 Å². The lowest BCUT2D eigenvalue weighted by Gasteiger charge is -2.19. The number of carbonyl (C=O) groups is 1. The quantitative estimate of drug-likeness (QED) is 0.458. The van der Waals surface area contributed by atoms with Gasteiger partial charge in [0.2, 0.25) is 5.91 Å². The summed E-state index contributed by atoms with van der Waals surface area (Å²) in [5.41, 5.74) is 0. The van der Waals surface area contributed by atoms with E-state index >= 15 is 0 Å². The second kappa shape index (κ2) is 11.5. The van der Waals surface area contributed by atoms with Crippen LogP contribution in [0.2, 0.25) is 0 Å². The van der Waals surface area contributed by atoms with Crippen LogP contribution in [0.1, 0.15) is 27.2 Å². The van der Waals surface area contributed by atoms with E-state index in [1.807, 2.05) is 20.8 Å². The minimum absolute atomic E-state index is 0.0179. The van der Waals surface area contributed by atoms with Gasteiger partial charge in [0.25, 0.3) is 0 Å². The van der Waals surface area contributed by atoms with Gasteiger partial charge in [-0.05, 0) is 32.9 Å². The molecular formula is C18H29FN4O3S. The van der Waals surface area contributed by atoms with Crippen molar-refractivity contribution in [3.05, 3.63) is 30.1 Å². The second-order valence-electron chi connectivity index (χ2n) is 5.75. The van der Waals surface area contributed by atoms with Crippen molar-refractivity contribution >= 4 is 21.7 Å². The van der Waals surface area contributed by atoms with Gasteiger partial charge in [-0.25, -0.2) is 12.8 Å². The van der Waals surface area contributed by atoms with E-state index in [9.17, 15) is 17.6 Å². The number of nitrogens with zero attached hydrogens (tertiary/aromatic N) is 2. The van der Waals surface area contributed by atoms with Gasteiger partial charge in [0, 0.05) is 32.6 Å². The third-order valence-electron chi connectivity index (χ3n) is 3.89. The van der Waals surface area contributed by atoms with Crippen LogP contribution < -0.4 is 10.6 Å². The van der Waals surface area contributed by atoms with Gasteiger partial charge in [-0.15, -0.1) is 0 Å². The molecular weight excluding hydrogens is 371 g/mol. The van der Waals surface area contributed by atoms with Crippen molar-refractivity contribution in [2.45, 2.75) is 32.1 Å². The van der Waals surface area contributed by atoms with E-state index in [1.54, 1.807) is 4.90 Å². The van der Waals surface area contributed by atoms with Gasteiger partial charge in [-0.2, -0.15) is 0 Å². The lowest BCUT2D eigenvalue weighted by atomic mass is 10.3. The van der Waals surface area contributed by atoms with Crippen LogP contribution in [0.3, 0.4) is 0 Å². The number of rotatable bonds is 10. The highest BCUT2D eigenvalue weighted by Gasteiger charge is 2.18. The van der Waals surface area contributed by atoms with Crippen LogP contribution in [0, 0.1) is 5.82 Å². The molecule has 27 heavy (non-hydrogen) atoms. The number of hydrogen-bond donors (Lipinski definition) is 2. The van der Waals surface area contributed by atoms with Crippen molar-refractivity contribution in [3.8, 4) is 0 Å². The second-order valence-corrected chi connectivity index (χ2v) is 7.83. The van der Waals surface area contributed by atoms with E-state index in [2.05, 4.69) is 15.6 Å². The molecule has 0 saturated heterocycles. The van der Waals surface area contributed by atoms with Gasteiger partial charge in [-0.1, -0.05) is 12.1 Å². The molecule has 0 bridgehead atoms.